The van der Waals surface area contributed by atoms with Gasteiger partial charge in [-0.15, -0.1) is 0 Å². The first-order valence-electron chi connectivity index (χ1n) is 7.77. The second-order valence-corrected chi connectivity index (χ2v) is 7.96. The maximum absolute atomic E-state index is 12.1. The lowest BCUT2D eigenvalue weighted by Crippen LogP contribution is -2.31. The van der Waals surface area contributed by atoms with Crippen molar-refractivity contribution in [3.63, 3.8) is 0 Å². The number of benzene rings is 2. The van der Waals surface area contributed by atoms with Crippen LogP contribution in [0.15, 0.2) is 47.4 Å². The molecule has 0 aliphatic rings. The molecule has 1 amide bonds. The number of hydrogen-bond donors (Lipinski definition) is 2. The van der Waals surface area contributed by atoms with Gasteiger partial charge in [0.1, 0.15) is 5.75 Å². The maximum Gasteiger partial charge on any atom is 0.344 e. The summed E-state index contributed by atoms with van der Waals surface area (Å²) >= 11 is 11.7. The zero-order valence-electron chi connectivity index (χ0n) is 14.5. The first-order valence-corrected chi connectivity index (χ1v) is 10.1. The molecule has 2 aromatic carbocycles. The fraction of sp³-hybridized carbons (Fsp3) is 0.176. The third-order valence-electron chi connectivity index (χ3n) is 3.35. The number of ether oxygens (including phenoxy) is 2. The van der Waals surface area contributed by atoms with Gasteiger partial charge in [0.2, 0.25) is 10.0 Å². The summed E-state index contributed by atoms with van der Waals surface area (Å²) < 4.78 is 32.9. The van der Waals surface area contributed by atoms with Crippen LogP contribution < -0.4 is 15.2 Å². The van der Waals surface area contributed by atoms with Gasteiger partial charge in [-0.1, -0.05) is 29.3 Å². The van der Waals surface area contributed by atoms with Crippen LogP contribution in [-0.2, 0) is 24.3 Å². The van der Waals surface area contributed by atoms with Crippen molar-refractivity contribution in [2.75, 3.05) is 11.9 Å². The molecule has 0 heterocycles. The van der Waals surface area contributed by atoms with Crippen molar-refractivity contribution in [3.05, 3.63) is 52.5 Å². The van der Waals surface area contributed by atoms with Crippen LogP contribution in [0.4, 0.5) is 5.69 Å². The van der Waals surface area contributed by atoms with E-state index in [0.29, 0.717) is 5.02 Å². The summed E-state index contributed by atoms with van der Waals surface area (Å²) in [5, 5.41) is 8.11. The molecule has 0 fully saturated rings. The van der Waals surface area contributed by atoms with Crippen molar-refractivity contribution in [1.29, 1.82) is 0 Å². The first-order chi connectivity index (χ1) is 13.1. The van der Waals surface area contributed by atoms with Gasteiger partial charge < -0.3 is 14.8 Å². The van der Waals surface area contributed by atoms with Crippen LogP contribution in [-0.4, -0.2) is 33.0 Å². The summed E-state index contributed by atoms with van der Waals surface area (Å²) in [7, 11) is -3.91. The average molecular weight is 447 g/mol. The summed E-state index contributed by atoms with van der Waals surface area (Å²) in [6.45, 7) is 0.881. The summed E-state index contributed by atoms with van der Waals surface area (Å²) in [5.41, 5.74) is 0.184. The molecular weight excluding hydrogens is 431 g/mol. The van der Waals surface area contributed by atoms with Crippen molar-refractivity contribution in [2.24, 2.45) is 5.14 Å². The standard InChI is InChI=1S/C17H16Cl2N2O6S/c1-10(17(23)21-12-3-2-4-13(8-12)28(20,24)25)27-16(22)9-26-15-6-5-11(18)7-14(15)19/h2-8,10H,9H2,1H3,(H,21,23)(H2,20,24,25)/t10-/m1/s1. The molecule has 0 aromatic heterocycles. The highest BCUT2D eigenvalue weighted by atomic mass is 35.5. The topological polar surface area (TPSA) is 125 Å². The number of amides is 1. The van der Waals surface area contributed by atoms with E-state index in [9.17, 15) is 18.0 Å². The predicted octanol–water partition coefficient (Wildman–Crippen LogP) is 2.59. The van der Waals surface area contributed by atoms with Crippen LogP contribution in [0.5, 0.6) is 5.75 Å². The van der Waals surface area contributed by atoms with Crippen LogP contribution in [0.1, 0.15) is 6.92 Å². The number of nitrogens with one attached hydrogen (secondary N) is 1. The van der Waals surface area contributed by atoms with Gasteiger partial charge in [0, 0.05) is 10.7 Å². The number of primary sulfonamides is 1. The van der Waals surface area contributed by atoms with E-state index in [1.165, 1.54) is 43.3 Å². The number of halogens is 2. The van der Waals surface area contributed by atoms with Gasteiger partial charge in [-0.05, 0) is 43.3 Å². The van der Waals surface area contributed by atoms with E-state index in [2.05, 4.69) is 5.32 Å². The van der Waals surface area contributed by atoms with Gasteiger partial charge >= 0.3 is 5.97 Å². The third-order valence-corrected chi connectivity index (χ3v) is 4.79. The Morgan fingerprint density at radius 3 is 2.54 bits per heavy atom. The Morgan fingerprint density at radius 1 is 1.18 bits per heavy atom. The van der Waals surface area contributed by atoms with Crippen molar-refractivity contribution in [3.8, 4) is 5.75 Å². The third kappa shape index (κ3) is 6.38. The van der Waals surface area contributed by atoms with E-state index in [1.54, 1.807) is 6.07 Å². The van der Waals surface area contributed by atoms with E-state index in [-0.39, 0.29) is 21.4 Å². The normalized spacial score (nSPS) is 12.1. The van der Waals surface area contributed by atoms with Crippen molar-refractivity contribution >= 4 is 50.8 Å². The SMILES string of the molecule is C[C@@H](OC(=O)COc1ccc(Cl)cc1Cl)C(=O)Nc1cccc(S(N)(=O)=O)c1. The fourth-order valence-corrected chi connectivity index (χ4v) is 3.03. The molecule has 2 aromatic rings. The second kappa shape index (κ2) is 9.24. The molecule has 0 unspecified atom stereocenters. The van der Waals surface area contributed by atoms with Crippen LogP contribution in [0.25, 0.3) is 0 Å². The second-order valence-electron chi connectivity index (χ2n) is 5.56. The Morgan fingerprint density at radius 2 is 1.89 bits per heavy atom. The molecule has 2 rings (SSSR count). The lowest BCUT2D eigenvalue weighted by molar-refractivity contribution is -0.155. The van der Waals surface area contributed by atoms with E-state index in [0.717, 1.165) is 0 Å². The molecule has 8 nitrogen and oxygen atoms in total. The molecule has 0 aliphatic heterocycles. The zero-order chi connectivity index (χ0) is 20.9. The van der Waals surface area contributed by atoms with E-state index in [4.69, 9.17) is 37.8 Å². The molecule has 28 heavy (non-hydrogen) atoms. The predicted molar refractivity (Wildman–Crippen MR) is 104 cm³/mol. The number of sulfonamides is 1. The Bertz CT molecular complexity index is 997. The van der Waals surface area contributed by atoms with Gasteiger partial charge in [0.15, 0.2) is 12.7 Å². The molecule has 0 saturated heterocycles. The summed E-state index contributed by atoms with van der Waals surface area (Å²) in [6, 6.07) is 9.84. The molecule has 0 saturated carbocycles. The smallest absolute Gasteiger partial charge is 0.344 e. The Balaban J connectivity index is 1.90. The van der Waals surface area contributed by atoms with Gasteiger partial charge in [-0.25, -0.2) is 18.4 Å². The molecule has 0 spiro atoms. The van der Waals surface area contributed by atoms with E-state index >= 15 is 0 Å². The maximum atomic E-state index is 12.1. The molecule has 1 atom stereocenters. The minimum atomic E-state index is -3.91. The molecule has 150 valence electrons. The monoisotopic (exact) mass is 446 g/mol. The molecule has 0 radical (unpaired) electrons. The zero-order valence-corrected chi connectivity index (χ0v) is 16.8. The summed E-state index contributed by atoms with van der Waals surface area (Å²) in [4.78, 5) is 23.8. The highest BCUT2D eigenvalue weighted by Gasteiger charge is 2.19. The Labute approximate surface area is 171 Å². The van der Waals surface area contributed by atoms with E-state index in [1.807, 2.05) is 0 Å². The molecular formula is C17H16Cl2N2O6S. The van der Waals surface area contributed by atoms with Gasteiger partial charge in [0.05, 0.1) is 9.92 Å². The van der Waals surface area contributed by atoms with Crippen LogP contribution >= 0.6 is 23.2 Å². The van der Waals surface area contributed by atoms with Crippen LogP contribution in [0.2, 0.25) is 10.0 Å². The average Bonchev–Trinajstić information content (AvgIpc) is 2.60. The number of nitrogens with two attached hydrogens (primary N) is 1. The minimum absolute atomic E-state index is 0.164. The van der Waals surface area contributed by atoms with Crippen LogP contribution in [0, 0.1) is 0 Å². The number of hydrogen-bond acceptors (Lipinski definition) is 6. The summed E-state index contributed by atoms with van der Waals surface area (Å²) in [6.07, 6.45) is -1.16. The lowest BCUT2D eigenvalue weighted by Gasteiger charge is -2.14. The largest absolute Gasteiger partial charge is 0.480 e. The van der Waals surface area contributed by atoms with Gasteiger partial charge in [-0.3, -0.25) is 4.79 Å². The number of carbonyl (C=O) groups excluding carboxylic acids is 2. The van der Waals surface area contributed by atoms with Crippen molar-refractivity contribution in [1.82, 2.24) is 0 Å². The summed E-state index contributed by atoms with van der Waals surface area (Å²) in [5.74, 6) is -1.23. The molecule has 0 bridgehead atoms. The molecule has 3 N–H and O–H groups in total. The Hall–Kier alpha value is -2.33. The number of rotatable bonds is 7. The number of anilines is 1. The highest BCUT2D eigenvalue weighted by molar-refractivity contribution is 7.89. The van der Waals surface area contributed by atoms with Gasteiger partial charge in [-0.2, -0.15) is 0 Å². The minimum Gasteiger partial charge on any atom is -0.480 e. The van der Waals surface area contributed by atoms with Crippen LogP contribution in [0.3, 0.4) is 0 Å². The molecule has 11 heteroatoms. The number of carbonyl (C=O) groups is 2. The van der Waals surface area contributed by atoms with Crippen molar-refractivity contribution in [2.45, 2.75) is 17.9 Å². The highest BCUT2D eigenvalue weighted by Crippen LogP contribution is 2.27. The van der Waals surface area contributed by atoms with Crippen molar-refractivity contribution < 1.29 is 27.5 Å². The number of esters is 1. The quantitative estimate of drug-likeness (QED) is 0.629. The van der Waals surface area contributed by atoms with E-state index < -0.39 is 34.6 Å². The first kappa shape index (κ1) is 22.0. The Kier molecular flexibility index (Phi) is 7.25. The molecule has 0 aliphatic carbocycles. The van der Waals surface area contributed by atoms with Gasteiger partial charge in [0.25, 0.3) is 5.91 Å². The lowest BCUT2D eigenvalue weighted by atomic mass is 10.3. The fourth-order valence-electron chi connectivity index (χ4n) is 2.01.